The number of nitrogens with zero attached hydrogens (tertiary/aromatic N) is 2. The molecular formula is C22H24BrN3O3. The minimum atomic E-state index is -0.971. The van der Waals surface area contributed by atoms with E-state index in [0.29, 0.717) is 6.54 Å². The van der Waals surface area contributed by atoms with Crippen LogP contribution in [0.3, 0.4) is 0 Å². The Morgan fingerprint density at radius 3 is 2.55 bits per heavy atom. The van der Waals surface area contributed by atoms with Gasteiger partial charge in [-0.2, -0.15) is 5.26 Å². The Morgan fingerprint density at radius 2 is 1.97 bits per heavy atom. The number of rotatable bonds is 7. The second-order valence-electron chi connectivity index (χ2n) is 6.65. The molecule has 0 aliphatic rings. The summed E-state index contributed by atoms with van der Waals surface area (Å²) in [4.78, 5) is 24.3. The number of nitriles is 1. The van der Waals surface area contributed by atoms with Crippen LogP contribution in [0.4, 0.5) is 0 Å². The van der Waals surface area contributed by atoms with Gasteiger partial charge in [0.05, 0.1) is 0 Å². The summed E-state index contributed by atoms with van der Waals surface area (Å²) in [6.45, 7) is 7.79. The summed E-state index contributed by atoms with van der Waals surface area (Å²) in [5, 5.41) is 12.1. The summed E-state index contributed by atoms with van der Waals surface area (Å²) in [5.41, 5.74) is 3.41. The number of hydrogen-bond donors (Lipinski definition) is 1. The molecule has 0 aliphatic carbocycles. The second-order valence-corrected chi connectivity index (χ2v) is 7.56. The highest BCUT2D eigenvalue weighted by molar-refractivity contribution is 9.10. The third kappa shape index (κ3) is 5.58. The lowest BCUT2D eigenvalue weighted by molar-refractivity contribution is -0.150. The molecule has 1 unspecified atom stereocenters. The normalized spacial score (nSPS) is 12.2. The van der Waals surface area contributed by atoms with Crippen LogP contribution in [0.15, 0.2) is 40.4 Å². The number of aryl methyl sites for hydroxylation is 1. The molecule has 0 saturated carbocycles. The number of aromatic nitrogens is 1. The van der Waals surface area contributed by atoms with Gasteiger partial charge in [0.2, 0.25) is 0 Å². The first-order chi connectivity index (χ1) is 13.8. The van der Waals surface area contributed by atoms with Crippen LogP contribution >= 0.6 is 15.9 Å². The summed E-state index contributed by atoms with van der Waals surface area (Å²) >= 11 is 3.43. The standard InChI is InChI=1S/C22H24BrN3O3/c1-5-10-25-21(27)16(4)29-22(28)18(13-24)12-17-11-14(2)26(15(17)3)20-8-6-19(23)7-9-20/h6-9,11-12,16H,5,10H2,1-4H3,(H,25,27)/b18-12+. The third-order valence-corrected chi connectivity index (χ3v) is 4.93. The first-order valence-corrected chi connectivity index (χ1v) is 10.1. The van der Waals surface area contributed by atoms with Gasteiger partial charge in [0.25, 0.3) is 5.91 Å². The van der Waals surface area contributed by atoms with Gasteiger partial charge in [-0.25, -0.2) is 4.79 Å². The molecule has 1 amide bonds. The molecule has 7 heteroatoms. The van der Waals surface area contributed by atoms with E-state index in [4.69, 9.17) is 4.74 Å². The van der Waals surface area contributed by atoms with Crippen LogP contribution in [-0.4, -0.2) is 29.1 Å². The van der Waals surface area contributed by atoms with Crippen molar-refractivity contribution in [1.82, 2.24) is 9.88 Å². The predicted octanol–water partition coefficient (Wildman–Crippen LogP) is 4.22. The number of hydrogen-bond acceptors (Lipinski definition) is 4. The molecule has 0 fully saturated rings. The Bertz CT molecular complexity index is 968. The van der Waals surface area contributed by atoms with E-state index in [1.165, 1.54) is 13.0 Å². The minimum absolute atomic E-state index is 0.156. The molecule has 29 heavy (non-hydrogen) atoms. The molecule has 1 aromatic heterocycles. The molecule has 0 spiro atoms. The topological polar surface area (TPSA) is 84.1 Å². The van der Waals surface area contributed by atoms with Gasteiger partial charge in [-0.15, -0.1) is 0 Å². The highest BCUT2D eigenvalue weighted by atomic mass is 79.9. The van der Waals surface area contributed by atoms with E-state index in [1.807, 2.05) is 61.7 Å². The Kier molecular flexibility index (Phi) is 7.80. The van der Waals surface area contributed by atoms with Crippen molar-refractivity contribution in [3.05, 3.63) is 57.3 Å². The smallest absolute Gasteiger partial charge is 0.349 e. The monoisotopic (exact) mass is 457 g/mol. The van der Waals surface area contributed by atoms with Crippen molar-refractivity contribution < 1.29 is 14.3 Å². The number of nitrogens with one attached hydrogen (secondary N) is 1. The molecule has 0 radical (unpaired) electrons. The van der Waals surface area contributed by atoms with Gasteiger partial charge in [0.1, 0.15) is 11.6 Å². The summed E-state index contributed by atoms with van der Waals surface area (Å²) in [6, 6.07) is 11.6. The molecule has 6 nitrogen and oxygen atoms in total. The van der Waals surface area contributed by atoms with E-state index in [9.17, 15) is 14.9 Å². The molecule has 2 aromatic rings. The lowest BCUT2D eigenvalue weighted by Gasteiger charge is -2.12. The van der Waals surface area contributed by atoms with Crippen molar-refractivity contribution in [3.63, 3.8) is 0 Å². The van der Waals surface area contributed by atoms with Gasteiger partial charge >= 0.3 is 5.97 Å². The number of carbonyl (C=O) groups excluding carboxylic acids is 2. The van der Waals surface area contributed by atoms with E-state index in [0.717, 1.165) is 33.5 Å². The summed E-state index contributed by atoms with van der Waals surface area (Å²) in [7, 11) is 0. The zero-order valence-electron chi connectivity index (χ0n) is 17.0. The van der Waals surface area contributed by atoms with E-state index in [1.54, 1.807) is 0 Å². The molecule has 1 heterocycles. The number of halogens is 1. The van der Waals surface area contributed by atoms with Crippen LogP contribution < -0.4 is 5.32 Å². The van der Waals surface area contributed by atoms with Gasteiger partial charge in [-0.1, -0.05) is 22.9 Å². The second kappa shape index (κ2) is 10.1. The van der Waals surface area contributed by atoms with Gasteiger partial charge in [-0.05, 0) is 69.2 Å². The fourth-order valence-electron chi connectivity index (χ4n) is 2.88. The van der Waals surface area contributed by atoms with E-state index in [-0.39, 0.29) is 11.5 Å². The predicted molar refractivity (Wildman–Crippen MR) is 115 cm³/mol. The van der Waals surface area contributed by atoms with Crippen molar-refractivity contribution >= 4 is 33.9 Å². The fourth-order valence-corrected chi connectivity index (χ4v) is 3.15. The van der Waals surface area contributed by atoms with Crippen LogP contribution in [0.5, 0.6) is 0 Å². The first-order valence-electron chi connectivity index (χ1n) is 9.33. The highest BCUT2D eigenvalue weighted by Crippen LogP contribution is 2.24. The summed E-state index contributed by atoms with van der Waals surface area (Å²) < 4.78 is 8.18. The first kappa shape index (κ1) is 22.4. The maximum atomic E-state index is 12.4. The average molecular weight is 458 g/mol. The fraction of sp³-hybridized carbons (Fsp3) is 0.318. The van der Waals surface area contributed by atoms with Crippen LogP contribution in [0, 0.1) is 25.2 Å². The maximum absolute atomic E-state index is 12.4. The molecule has 0 bridgehead atoms. The number of benzene rings is 1. The zero-order chi connectivity index (χ0) is 21.6. The largest absolute Gasteiger partial charge is 0.448 e. The number of ether oxygens (including phenoxy) is 1. The van der Waals surface area contributed by atoms with Crippen molar-refractivity contribution in [2.24, 2.45) is 0 Å². The summed E-state index contributed by atoms with van der Waals surface area (Å²) in [5.74, 6) is -1.20. The Morgan fingerprint density at radius 1 is 1.31 bits per heavy atom. The van der Waals surface area contributed by atoms with Gasteiger partial charge in [0.15, 0.2) is 6.10 Å². The van der Waals surface area contributed by atoms with Crippen LogP contribution in [-0.2, 0) is 14.3 Å². The van der Waals surface area contributed by atoms with Crippen LogP contribution in [0.25, 0.3) is 11.8 Å². The average Bonchev–Trinajstić information content (AvgIpc) is 2.97. The van der Waals surface area contributed by atoms with Crippen molar-refractivity contribution in [3.8, 4) is 11.8 Å². The molecule has 152 valence electrons. The van der Waals surface area contributed by atoms with Crippen molar-refractivity contribution in [2.75, 3.05) is 6.54 Å². The number of amides is 1. The van der Waals surface area contributed by atoms with Crippen LogP contribution in [0.2, 0.25) is 0 Å². The minimum Gasteiger partial charge on any atom is -0.448 e. The zero-order valence-corrected chi connectivity index (χ0v) is 18.5. The Hall–Kier alpha value is -2.85. The van der Waals surface area contributed by atoms with E-state index >= 15 is 0 Å². The van der Waals surface area contributed by atoms with E-state index in [2.05, 4.69) is 21.2 Å². The van der Waals surface area contributed by atoms with E-state index < -0.39 is 12.1 Å². The SMILES string of the molecule is CCCNC(=O)C(C)OC(=O)/C(C#N)=C/c1cc(C)n(-c2ccc(Br)cc2)c1C. The molecule has 0 aliphatic heterocycles. The third-order valence-electron chi connectivity index (χ3n) is 4.40. The van der Waals surface area contributed by atoms with Crippen LogP contribution in [0.1, 0.15) is 37.2 Å². The molecule has 1 N–H and O–H groups in total. The van der Waals surface area contributed by atoms with Gasteiger partial charge in [-0.3, -0.25) is 4.79 Å². The number of carbonyl (C=O) groups is 2. The van der Waals surface area contributed by atoms with Gasteiger partial charge < -0.3 is 14.6 Å². The lowest BCUT2D eigenvalue weighted by Crippen LogP contribution is -2.36. The maximum Gasteiger partial charge on any atom is 0.349 e. The highest BCUT2D eigenvalue weighted by Gasteiger charge is 2.21. The summed E-state index contributed by atoms with van der Waals surface area (Å²) in [6.07, 6.45) is 1.31. The lowest BCUT2D eigenvalue weighted by atomic mass is 10.1. The molecule has 2 rings (SSSR count). The van der Waals surface area contributed by atoms with Gasteiger partial charge in [0, 0.05) is 28.1 Å². The quantitative estimate of drug-likeness (QED) is 0.383. The molecule has 0 saturated heterocycles. The molecular weight excluding hydrogens is 434 g/mol. The molecule has 1 atom stereocenters. The number of esters is 1. The Balaban J connectivity index is 2.26. The van der Waals surface area contributed by atoms with Crippen molar-refractivity contribution in [1.29, 1.82) is 5.26 Å². The molecule has 1 aromatic carbocycles. The Labute approximate surface area is 179 Å². The van der Waals surface area contributed by atoms with Crippen molar-refractivity contribution in [2.45, 2.75) is 40.2 Å².